The van der Waals surface area contributed by atoms with Gasteiger partial charge in [0.1, 0.15) is 0 Å². The first-order chi connectivity index (χ1) is 7.69. The molecule has 0 heterocycles. The van der Waals surface area contributed by atoms with E-state index >= 15 is 0 Å². The van der Waals surface area contributed by atoms with Crippen LogP contribution in [0.15, 0.2) is 35.4 Å². The summed E-state index contributed by atoms with van der Waals surface area (Å²) < 4.78 is 0. The van der Waals surface area contributed by atoms with Gasteiger partial charge in [0.25, 0.3) is 0 Å². The van der Waals surface area contributed by atoms with Crippen LogP contribution < -0.4 is 10.7 Å². The van der Waals surface area contributed by atoms with Crippen molar-refractivity contribution in [1.29, 1.82) is 0 Å². The molecule has 0 spiro atoms. The number of hydrazone groups is 1. The SMILES string of the molecule is CCC(CC)=NN(C(N)=S)c1ccccc1. The van der Waals surface area contributed by atoms with Crippen molar-refractivity contribution in [2.24, 2.45) is 10.8 Å². The summed E-state index contributed by atoms with van der Waals surface area (Å²) in [5.41, 5.74) is 7.65. The lowest BCUT2D eigenvalue weighted by atomic mass is 10.2. The highest BCUT2D eigenvalue weighted by atomic mass is 32.1. The van der Waals surface area contributed by atoms with E-state index in [2.05, 4.69) is 18.9 Å². The van der Waals surface area contributed by atoms with E-state index in [1.54, 1.807) is 5.01 Å². The van der Waals surface area contributed by atoms with Crippen LogP contribution in [0.3, 0.4) is 0 Å². The van der Waals surface area contributed by atoms with E-state index < -0.39 is 0 Å². The highest BCUT2D eigenvalue weighted by Gasteiger charge is 2.08. The second kappa shape index (κ2) is 6.23. The normalized spacial score (nSPS) is 9.62. The van der Waals surface area contributed by atoms with Crippen molar-refractivity contribution in [3.05, 3.63) is 30.3 Å². The van der Waals surface area contributed by atoms with Crippen molar-refractivity contribution < 1.29 is 0 Å². The van der Waals surface area contributed by atoms with Crippen LogP contribution in [0.4, 0.5) is 5.69 Å². The number of hydrogen-bond donors (Lipinski definition) is 1. The van der Waals surface area contributed by atoms with Gasteiger partial charge in [0.05, 0.1) is 5.69 Å². The molecule has 0 atom stereocenters. The van der Waals surface area contributed by atoms with Crippen LogP contribution in [-0.4, -0.2) is 10.8 Å². The first kappa shape index (κ1) is 12.6. The van der Waals surface area contributed by atoms with Crippen molar-refractivity contribution in [2.75, 3.05) is 5.01 Å². The zero-order valence-corrected chi connectivity index (χ0v) is 10.5. The molecule has 0 aliphatic heterocycles. The molecule has 0 radical (unpaired) electrons. The largest absolute Gasteiger partial charge is 0.374 e. The van der Waals surface area contributed by atoms with E-state index in [-0.39, 0.29) is 5.11 Å². The second-order valence-electron chi connectivity index (χ2n) is 3.36. The summed E-state index contributed by atoms with van der Waals surface area (Å²) in [4.78, 5) is 0. The van der Waals surface area contributed by atoms with Crippen LogP contribution >= 0.6 is 12.2 Å². The Kier molecular flexibility index (Phi) is 4.92. The molecule has 0 aliphatic rings. The van der Waals surface area contributed by atoms with Gasteiger partial charge < -0.3 is 5.73 Å². The molecule has 0 aromatic heterocycles. The molecule has 0 unspecified atom stereocenters. The van der Waals surface area contributed by atoms with Gasteiger partial charge in [0.15, 0.2) is 5.11 Å². The summed E-state index contributed by atoms with van der Waals surface area (Å²) in [6.07, 6.45) is 1.81. The van der Waals surface area contributed by atoms with Gasteiger partial charge >= 0.3 is 0 Å². The molecular weight excluding hydrogens is 218 g/mol. The zero-order valence-electron chi connectivity index (χ0n) is 9.68. The Morgan fingerprint density at radius 2 is 1.81 bits per heavy atom. The van der Waals surface area contributed by atoms with E-state index in [4.69, 9.17) is 18.0 Å². The Morgan fingerprint density at radius 1 is 1.25 bits per heavy atom. The smallest absolute Gasteiger partial charge is 0.191 e. The molecule has 4 heteroatoms. The maximum Gasteiger partial charge on any atom is 0.191 e. The third-order valence-corrected chi connectivity index (χ3v) is 2.44. The zero-order chi connectivity index (χ0) is 12.0. The molecular formula is C12H17N3S. The summed E-state index contributed by atoms with van der Waals surface area (Å²) in [5, 5.41) is 6.34. The maximum absolute atomic E-state index is 5.68. The van der Waals surface area contributed by atoms with Crippen molar-refractivity contribution in [3.8, 4) is 0 Å². The lowest BCUT2D eigenvalue weighted by molar-refractivity contribution is 1.05. The molecule has 0 bridgehead atoms. The minimum atomic E-state index is 0.269. The average Bonchev–Trinajstić information content (AvgIpc) is 2.31. The van der Waals surface area contributed by atoms with Crippen LogP contribution in [0.5, 0.6) is 0 Å². The summed E-state index contributed by atoms with van der Waals surface area (Å²) in [5.74, 6) is 0. The predicted octanol–water partition coefficient (Wildman–Crippen LogP) is 2.91. The monoisotopic (exact) mass is 235 g/mol. The molecule has 0 saturated carbocycles. The Labute approximate surface area is 102 Å². The summed E-state index contributed by atoms with van der Waals surface area (Å²) in [6, 6.07) is 9.70. The summed E-state index contributed by atoms with van der Waals surface area (Å²) >= 11 is 5.01. The minimum absolute atomic E-state index is 0.269. The molecule has 16 heavy (non-hydrogen) atoms. The van der Waals surface area contributed by atoms with Crippen molar-refractivity contribution in [1.82, 2.24) is 0 Å². The molecule has 0 amide bonds. The Bertz CT molecular complexity index is 367. The summed E-state index contributed by atoms with van der Waals surface area (Å²) in [6.45, 7) is 4.15. The third-order valence-electron chi connectivity index (χ3n) is 2.27. The third kappa shape index (κ3) is 3.31. The van der Waals surface area contributed by atoms with Gasteiger partial charge in [-0.1, -0.05) is 32.0 Å². The first-order valence-corrected chi connectivity index (χ1v) is 5.80. The van der Waals surface area contributed by atoms with Gasteiger partial charge in [-0.25, -0.2) is 5.01 Å². The van der Waals surface area contributed by atoms with Crippen LogP contribution in [0, 0.1) is 0 Å². The molecule has 0 fully saturated rings. The molecule has 86 valence electrons. The molecule has 2 N–H and O–H groups in total. The molecule has 1 aromatic carbocycles. The number of thiocarbonyl (C=S) groups is 1. The van der Waals surface area contributed by atoms with Crippen molar-refractivity contribution >= 4 is 28.7 Å². The van der Waals surface area contributed by atoms with E-state index in [1.807, 2.05) is 30.3 Å². The summed E-state index contributed by atoms with van der Waals surface area (Å²) in [7, 11) is 0. The fourth-order valence-electron chi connectivity index (χ4n) is 1.34. The molecule has 1 aromatic rings. The standard InChI is InChI=1S/C12H17N3S/c1-3-10(4-2)14-15(12(13)16)11-8-6-5-7-9-11/h5-9H,3-4H2,1-2H3,(H2,13,16). The van der Waals surface area contributed by atoms with Gasteiger partial charge in [-0.05, 0) is 37.2 Å². The van der Waals surface area contributed by atoms with Crippen LogP contribution in [-0.2, 0) is 0 Å². The van der Waals surface area contributed by atoms with E-state index in [0.29, 0.717) is 0 Å². The van der Waals surface area contributed by atoms with E-state index in [9.17, 15) is 0 Å². The average molecular weight is 235 g/mol. The number of benzene rings is 1. The quantitative estimate of drug-likeness (QED) is 0.495. The number of hydrogen-bond acceptors (Lipinski definition) is 2. The topological polar surface area (TPSA) is 41.6 Å². The van der Waals surface area contributed by atoms with Gasteiger partial charge in [0.2, 0.25) is 0 Å². The number of anilines is 1. The number of rotatable bonds is 4. The van der Waals surface area contributed by atoms with Crippen LogP contribution in [0.1, 0.15) is 26.7 Å². The number of para-hydroxylation sites is 1. The fraction of sp³-hybridized carbons (Fsp3) is 0.333. The van der Waals surface area contributed by atoms with Crippen LogP contribution in [0.25, 0.3) is 0 Å². The molecule has 3 nitrogen and oxygen atoms in total. The van der Waals surface area contributed by atoms with E-state index in [0.717, 1.165) is 24.2 Å². The van der Waals surface area contributed by atoms with Crippen molar-refractivity contribution in [2.45, 2.75) is 26.7 Å². The predicted molar refractivity (Wildman–Crippen MR) is 73.7 cm³/mol. The van der Waals surface area contributed by atoms with Gasteiger partial charge in [-0.3, -0.25) is 0 Å². The number of nitrogens with two attached hydrogens (primary N) is 1. The minimum Gasteiger partial charge on any atom is -0.374 e. The highest BCUT2D eigenvalue weighted by molar-refractivity contribution is 7.80. The van der Waals surface area contributed by atoms with E-state index in [1.165, 1.54) is 0 Å². The van der Waals surface area contributed by atoms with Gasteiger partial charge in [0, 0.05) is 5.71 Å². The van der Waals surface area contributed by atoms with Gasteiger partial charge in [-0.2, -0.15) is 5.10 Å². The molecule has 0 saturated heterocycles. The molecule has 0 aliphatic carbocycles. The lowest BCUT2D eigenvalue weighted by Gasteiger charge is -2.18. The van der Waals surface area contributed by atoms with Crippen molar-refractivity contribution in [3.63, 3.8) is 0 Å². The van der Waals surface area contributed by atoms with Gasteiger partial charge in [-0.15, -0.1) is 0 Å². The Morgan fingerprint density at radius 3 is 2.25 bits per heavy atom. The Hall–Kier alpha value is -1.42. The lowest BCUT2D eigenvalue weighted by Crippen LogP contribution is -2.31. The maximum atomic E-state index is 5.68. The number of nitrogens with zero attached hydrogens (tertiary/aromatic N) is 2. The first-order valence-electron chi connectivity index (χ1n) is 5.40. The Balaban J connectivity index is 3.01. The molecule has 1 rings (SSSR count). The highest BCUT2D eigenvalue weighted by Crippen LogP contribution is 2.14. The second-order valence-corrected chi connectivity index (χ2v) is 3.78. The fourth-order valence-corrected chi connectivity index (χ4v) is 1.48. The van der Waals surface area contributed by atoms with Crippen LogP contribution in [0.2, 0.25) is 0 Å².